The summed E-state index contributed by atoms with van der Waals surface area (Å²) >= 11 is 0. The standard InChI is InChI=1S/C12H11N3/c1-9-13-6-7-15(9)12-8-10-4-2-3-5-11(10)14-12/h2-8,14H,1H3. The Morgan fingerprint density at radius 1 is 1.27 bits per heavy atom. The number of H-pyrrole nitrogens is 1. The third kappa shape index (κ3) is 1.24. The molecule has 0 bridgehead atoms. The number of nitrogens with one attached hydrogen (secondary N) is 1. The predicted octanol–water partition coefficient (Wildman–Crippen LogP) is 2.66. The molecular formula is C12H11N3. The van der Waals surface area contributed by atoms with E-state index in [-0.39, 0.29) is 0 Å². The molecule has 0 aliphatic carbocycles. The van der Waals surface area contributed by atoms with Crippen LogP contribution in [0.5, 0.6) is 0 Å². The van der Waals surface area contributed by atoms with Crippen molar-refractivity contribution in [2.24, 2.45) is 0 Å². The summed E-state index contributed by atoms with van der Waals surface area (Å²) in [6.45, 7) is 1.99. The number of hydrogen-bond acceptors (Lipinski definition) is 1. The number of aromatic amines is 1. The number of aromatic nitrogens is 3. The Morgan fingerprint density at radius 2 is 2.13 bits per heavy atom. The van der Waals surface area contributed by atoms with Crippen molar-refractivity contribution >= 4 is 10.9 Å². The number of fused-ring (bicyclic) bond motifs is 1. The maximum absolute atomic E-state index is 4.21. The van der Waals surface area contributed by atoms with Crippen LogP contribution in [-0.4, -0.2) is 14.5 Å². The Kier molecular flexibility index (Phi) is 1.65. The molecule has 0 radical (unpaired) electrons. The summed E-state index contributed by atoms with van der Waals surface area (Å²) in [6, 6.07) is 10.4. The lowest BCUT2D eigenvalue weighted by molar-refractivity contribution is 0.948. The van der Waals surface area contributed by atoms with E-state index in [9.17, 15) is 0 Å². The second-order valence-corrected chi connectivity index (χ2v) is 3.59. The summed E-state index contributed by atoms with van der Waals surface area (Å²) in [5.74, 6) is 2.05. The summed E-state index contributed by atoms with van der Waals surface area (Å²) in [5, 5.41) is 1.22. The van der Waals surface area contributed by atoms with Gasteiger partial charge < -0.3 is 4.98 Å². The second-order valence-electron chi connectivity index (χ2n) is 3.59. The highest BCUT2D eigenvalue weighted by Crippen LogP contribution is 2.18. The Hall–Kier alpha value is -2.03. The number of para-hydroxylation sites is 1. The molecule has 0 saturated heterocycles. The van der Waals surface area contributed by atoms with E-state index in [2.05, 4.69) is 28.2 Å². The van der Waals surface area contributed by atoms with Crippen molar-refractivity contribution in [1.29, 1.82) is 0 Å². The van der Waals surface area contributed by atoms with Gasteiger partial charge in [0.15, 0.2) is 0 Å². The number of nitrogens with zero attached hydrogens (tertiary/aromatic N) is 2. The Balaban J connectivity index is 2.24. The van der Waals surface area contributed by atoms with Crippen LogP contribution in [0.15, 0.2) is 42.7 Å². The fraction of sp³-hybridized carbons (Fsp3) is 0.0833. The van der Waals surface area contributed by atoms with Crippen LogP contribution >= 0.6 is 0 Å². The molecule has 3 nitrogen and oxygen atoms in total. The maximum atomic E-state index is 4.21. The van der Waals surface area contributed by atoms with Gasteiger partial charge in [-0.05, 0) is 19.1 Å². The van der Waals surface area contributed by atoms with Gasteiger partial charge in [-0.15, -0.1) is 0 Å². The first-order chi connectivity index (χ1) is 7.34. The molecule has 3 heteroatoms. The first-order valence-corrected chi connectivity index (χ1v) is 4.93. The molecule has 1 aromatic carbocycles. The van der Waals surface area contributed by atoms with Crippen LogP contribution in [0.4, 0.5) is 0 Å². The molecule has 0 atom stereocenters. The zero-order valence-electron chi connectivity index (χ0n) is 8.44. The van der Waals surface area contributed by atoms with E-state index in [0.29, 0.717) is 0 Å². The van der Waals surface area contributed by atoms with Crippen LogP contribution in [0, 0.1) is 6.92 Å². The van der Waals surface area contributed by atoms with Crippen molar-refractivity contribution in [2.45, 2.75) is 6.92 Å². The van der Waals surface area contributed by atoms with Gasteiger partial charge in [0.25, 0.3) is 0 Å². The molecule has 1 N–H and O–H groups in total. The maximum Gasteiger partial charge on any atom is 0.116 e. The Labute approximate surface area is 87.4 Å². The molecule has 0 aliphatic rings. The highest BCUT2D eigenvalue weighted by Gasteiger charge is 2.03. The molecule has 0 saturated carbocycles. The van der Waals surface area contributed by atoms with Crippen LogP contribution in [-0.2, 0) is 0 Å². The Bertz CT molecular complexity index is 571. The predicted molar refractivity (Wildman–Crippen MR) is 60.2 cm³/mol. The first-order valence-electron chi connectivity index (χ1n) is 4.93. The van der Waals surface area contributed by atoms with E-state index in [1.54, 1.807) is 6.20 Å². The summed E-state index contributed by atoms with van der Waals surface area (Å²) in [7, 11) is 0. The SMILES string of the molecule is Cc1nccn1-c1cc2ccccc2[nH]1. The third-order valence-corrected chi connectivity index (χ3v) is 2.60. The lowest BCUT2D eigenvalue weighted by Gasteiger charge is -1.99. The molecule has 2 heterocycles. The van der Waals surface area contributed by atoms with Crippen LogP contribution in [0.3, 0.4) is 0 Å². The molecule has 0 amide bonds. The topological polar surface area (TPSA) is 33.6 Å². The minimum absolute atomic E-state index is 0.988. The summed E-state index contributed by atoms with van der Waals surface area (Å²) in [5.41, 5.74) is 1.15. The van der Waals surface area contributed by atoms with Crippen molar-refractivity contribution in [3.63, 3.8) is 0 Å². The minimum atomic E-state index is 0.988. The average molecular weight is 197 g/mol. The van der Waals surface area contributed by atoms with Crippen molar-refractivity contribution < 1.29 is 0 Å². The van der Waals surface area contributed by atoms with Gasteiger partial charge in [-0.25, -0.2) is 4.98 Å². The van der Waals surface area contributed by atoms with Crippen LogP contribution in [0.25, 0.3) is 16.7 Å². The average Bonchev–Trinajstić information content (AvgIpc) is 2.82. The molecule has 0 aliphatic heterocycles. The van der Waals surface area contributed by atoms with E-state index in [1.165, 1.54) is 5.39 Å². The number of hydrogen-bond donors (Lipinski definition) is 1. The lowest BCUT2D eigenvalue weighted by atomic mass is 10.2. The van der Waals surface area contributed by atoms with Crippen molar-refractivity contribution in [2.75, 3.05) is 0 Å². The molecule has 2 aromatic heterocycles. The normalized spacial score (nSPS) is 11.0. The monoisotopic (exact) mass is 197 g/mol. The molecule has 0 unspecified atom stereocenters. The molecular weight excluding hydrogens is 186 g/mol. The van der Waals surface area contributed by atoms with Crippen molar-refractivity contribution in [1.82, 2.24) is 14.5 Å². The zero-order valence-corrected chi connectivity index (χ0v) is 8.44. The zero-order chi connectivity index (χ0) is 10.3. The highest BCUT2D eigenvalue weighted by molar-refractivity contribution is 5.82. The number of benzene rings is 1. The molecule has 3 rings (SSSR count). The quantitative estimate of drug-likeness (QED) is 0.639. The van der Waals surface area contributed by atoms with Gasteiger partial charge in [0.2, 0.25) is 0 Å². The molecule has 0 spiro atoms. The van der Waals surface area contributed by atoms with Gasteiger partial charge >= 0.3 is 0 Å². The first kappa shape index (κ1) is 8.29. The van der Waals surface area contributed by atoms with Gasteiger partial charge in [-0.2, -0.15) is 0 Å². The van der Waals surface area contributed by atoms with Gasteiger partial charge in [-0.3, -0.25) is 4.57 Å². The van der Waals surface area contributed by atoms with E-state index in [0.717, 1.165) is 17.2 Å². The number of rotatable bonds is 1. The summed E-state index contributed by atoms with van der Waals surface area (Å²) in [6.07, 6.45) is 3.76. The third-order valence-electron chi connectivity index (χ3n) is 2.60. The van der Waals surface area contributed by atoms with Gasteiger partial charge in [0.1, 0.15) is 11.6 Å². The largest absolute Gasteiger partial charge is 0.341 e. The van der Waals surface area contributed by atoms with Crippen molar-refractivity contribution in [3.05, 3.63) is 48.5 Å². The summed E-state index contributed by atoms with van der Waals surface area (Å²) in [4.78, 5) is 7.57. The number of imidazole rings is 1. The fourth-order valence-electron chi connectivity index (χ4n) is 1.82. The molecule has 15 heavy (non-hydrogen) atoms. The van der Waals surface area contributed by atoms with Gasteiger partial charge in [0, 0.05) is 23.3 Å². The van der Waals surface area contributed by atoms with Crippen molar-refractivity contribution in [3.8, 4) is 5.82 Å². The molecule has 0 fully saturated rings. The van der Waals surface area contributed by atoms with E-state index < -0.39 is 0 Å². The molecule has 3 aromatic rings. The van der Waals surface area contributed by atoms with Crippen LogP contribution < -0.4 is 0 Å². The van der Waals surface area contributed by atoms with Crippen LogP contribution in [0.1, 0.15) is 5.82 Å². The van der Waals surface area contributed by atoms with Crippen LogP contribution in [0.2, 0.25) is 0 Å². The van der Waals surface area contributed by atoms with Gasteiger partial charge in [0.05, 0.1) is 0 Å². The lowest BCUT2D eigenvalue weighted by Crippen LogP contribution is -1.94. The summed E-state index contributed by atoms with van der Waals surface area (Å²) < 4.78 is 2.04. The molecule has 74 valence electrons. The van der Waals surface area contributed by atoms with E-state index in [1.807, 2.05) is 29.8 Å². The smallest absolute Gasteiger partial charge is 0.116 e. The van der Waals surface area contributed by atoms with E-state index in [4.69, 9.17) is 0 Å². The Morgan fingerprint density at radius 3 is 2.87 bits per heavy atom. The van der Waals surface area contributed by atoms with E-state index >= 15 is 0 Å². The second kappa shape index (κ2) is 2.98. The van der Waals surface area contributed by atoms with Gasteiger partial charge in [-0.1, -0.05) is 18.2 Å². The highest BCUT2D eigenvalue weighted by atomic mass is 15.1. The minimum Gasteiger partial charge on any atom is -0.341 e. The fourth-order valence-corrected chi connectivity index (χ4v) is 1.82. The number of aryl methyl sites for hydroxylation is 1.